The number of hydrogen-bond donors (Lipinski definition) is 2. The molecule has 1 aromatic rings. The smallest absolute Gasteiger partial charge is 0.328 e. The molecule has 0 spiro atoms. The molecule has 0 bridgehead atoms. The van der Waals surface area contributed by atoms with E-state index in [1.54, 1.807) is 0 Å². The van der Waals surface area contributed by atoms with Gasteiger partial charge in [-0.1, -0.05) is 6.07 Å². The van der Waals surface area contributed by atoms with Crippen LogP contribution in [0, 0.1) is 11.7 Å². The van der Waals surface area contributed by atoms with Crippen LogP contribution in [0.5, 0.6) is 0 Å². The fraction of sp³-hybridized carbons (Fsp3) is 0.333. The minimum absolute atomic E-state index is 0.0654. The quantitative estimate of drug-likeness (QED) is 0.808. The first kappa shape index (κ1) is 15.2. The Labute approximate surface area is 121 Å². The normalized spacial score (nSPS) is 18.0. The lowest BCUT2D eigenvalue weighted by Gasteiger charge is -2.10. The van der Waals surface area contributed by atoms with E-state index in [4.69, 9.17) is 9.84 Å². The average molecular weight is 293 g/mol. The molecule has 1 atom stereocenters. The van der Waals surface area contributed by atoms with Crippen LogP contribution in [-0.2, 0) is 20.9 Å². The Bertz CT molecular complexity index is 565. The molecule has 0 saturated carbocycles. The molecule has 1 aliphatic heterocycles. The highest BCUT2D eigenvalue weighted by atomic mass is 19.1. The summed E-state index contributed by atoms with van der Waals surface area (Å²) in [6.07, 6.45) is 3.03. The minimum Gasteiger partial charge on any atom is -0.478 e. The molecule has 21 heavy (non-hydrogen) atoms. The highest BCUT2D eigenvalue weighted by molar-refractivity contribution is 5.85. The third kappa shape index (κ3) is 4.39. The van der Waals surface area contributed by atoms with Crippen LogP contribution in [0.2, 0.25) is 0 Å². The number of benzene rings is 1. The first-order valence-electron chi connectivity index (χ1n) is 6.61. The molecule has 1 aliphatic rings. The molecule has 0 aliphatic carbocycles. The Morgan fingerprint density at radius 3 is 2.95 bits per heavy atom. The van der Waals surface area contributed by atoms with Crippen molar-refractivity contribution in [2.75, 3.05) is 13.2 Å². The molecule has 1 aromatic carbocycles. The van der Waals surface area contributed by atoms with Crippen molar-refractivity contribution in [2.45, 2.75) is 13.0 Å². The lowest BCUT2D eigenvalue weighted by molar-refractivity contribution is -0.131. The maximum atomic E-state index is 13.7. The number of hydrogen-bond acceptors (Lipinski definition) is 3. The molecule has 2 rings (SSSR count). The molecule has 112 valence electrons. The van der Waals surface area contributed by atoms with E-state index in [1.165, 1.54) is 24.3 Å². The van der Waals surface area contributed by atoms with Crippen molar-refractivity contribution < 1.29 is 23.8 Å². The zero-order valence-electron chi connectivity index (χ0n) is 11.3. The largest absolute Gasteiger partial charge is 0.478 e. The lowest BCUT2D eigenvalue weighted by Crippen LogP contribution is -2.30. The number of amides is 1. The molecular formula is C15H16FNO4. The molecule has 5 nitrogen and oxygen atoms in total. The predicted octanol–water partition coefficient (Wildman–Crippen LogP) is 1.58. The van der Waals surface area contributed by atoms with E-state index in [9.17, 15) is 14.0 Å². The topological polar surface area (TPSA) is 75.6 Å². The van der Waals surface area contributed by atoms with Gasteiger partial charge in [0.2, 0.25) is 5.91 Å². The van der Waals surface area contributed by atoms with Gasteiger partial charge in [-0.15, -0.1) is 0 Å². The molecule has 0 aromatic heterocycles. The second-order valence-corrected chi connectivity index (χ2v) is 4.80. The summed E-state index contributed by atoms with van der Waals surface area (Å²) in [6, 6.07) is 4.24. The van der Waals surface area contributed by atoms with Crippen LogP contribution in [0.4, 0.5) is 4.39 Å². The number of halogens is 1. The maximum Gasteiger partial charge on any atom is 0.328 e. The van der Waals surface area contributed by atoms with Crippen molar-refractivity contribution in [2.24, 2.45) is 5.92 Å². The van der Waals surface area contributed by atoms with Gasteiger partial charge in [0.1, 0.15) is 5.82 Å². The molecule has 6 heteroatoms. The second-order valence-electron chi connectivity index (χ2n) is 4.80. The zero-order valence-corrected chi connectivity index (χ0v) is 11.3. The molecule has 0 radical (unpaired) electrons. The Morgan fingerprint density at radius 1 is 1.48 bits per heavy atom. The van der Waals surface area contributed by atoms with Gasteiger partial charge in [0.25, 0.3) is 0 Å². The Hall–Kier alpha value is -2.21. The lowest BCUT2D eigenvalue weighted by atomic mass is 10.1. The summed E-state index contributed by atoms with van der Waals surface area (Å²) in [5, 5.41) is 11.2. The van der Waals surface area contributed by atoms with E-state index in [1.807, 2.05) is 0 Å². The third-order valence-corrected chi connectivity index (χ3v) is 3.24. The molecule has 1 amide bonds. The van der Waals surface area contributed by atoms with Gasteiger partial charge in [-0.05, 0) is 30.2 Å². The van der Waals surface area contributed by atoms with Crippen LogP contribution < -0.4 is 5.32 Å². The summed E-state index contributed by atoms with van der Waals surface area (Å²) in [5.41, 5.74) is 0.877. The Morgan fingerprint density at radius 2 is 2.29 bits per heavy atom. The monoisotopic (exact) mass is 293 g/mol. The van der Waals surface area contributed by atoms with Crippen LogP contribution in [-0.4, -0.2) is 30.2 Å². The summed E-state index contributed by atoms with van der Waals surface area (Å²) in [7, 11) is 0. The highest BCUT2D eigenvalue weighted by Crippen LogP contribution is 2.14. The Balaban J connectivity index is 1.99. The predicted molar refractivity (Wildman–Crippen MR) is 73.8 cm³/mol. The molecule has 1 unspecified atom stereocenters. The van der Waals surface area contributed by atoms with Crippen LogP contribution >= 0.6 is 0 Å². The molecule has 1 heterocycles. The van der Waals surface area contributed by atoms with E-state index in [0.29, 0.717) is 30.8 Å². The van der Waals surface area contributed by atoms with E-state index >= 15 is 0 Å². The number of carbonyl (C=O) groups is 2. The first-order valence-corrected chi connectivity index (χ1v) is 6.61. The standard InChI is InChI=1S/C15H16FNO4/c16-13-3-1-10(2-4-14(18)19)7-12(13)8-17-15(20)11-5-6-21-9-11/h1-4,7,11H,5-6,8-9H2,(H,17,20)(H,18,19). The van der Waals surface area contributed by atoms with Gasteiger partial charge < -0.3 is 15.2 Å². The SMILES string of the molecule is O=C(O)C=Cc1ccc(F)c(CNC(=O)C2CCOC2)c1. The highest BCUT2D eigenvalue weighted by Gasteiger charge is 2.23. The number of carboxylic acid groups (broad SMARTS) is 1. The van der Waals surface area contributed by atoms with Crippen LogP contribution in [0.1, 0.15) is 17.5 Å². The van der Waals surface area contributed by atoms with Crippen molar-refractivity contribution >= 4 is 18.0 Å². The number of aliphatic carboxylic acids is 1. The van der Waals surface area contributed by atoms with Gasteiger partial charge >= 0.3 is 5.97 Å². The fourth-order valence-electron chi connectivity index (χ4n) is 2.07. The molecular weight excluding hydrogens is 277 g/mol. The summed E-state index contributed by atoms with van der Waals surface area (Å²) >= 11 is 0. The van der Waals surface area contributed by atoms with E-state index in [0.717, 1.165) is 6.08 Å². The van der Waals surface area contributed by atoms with Gasteiger partial charge in [0, 0.05) is 24.8 Å². The van der Waals surface area contributed by atoms with Crippen LogP contribution in [0.25, 0.3) is 6.08 Å². The van der Waals surface area contributed by atoms with Crippen molar-refractivity contribution in [3.05, 3.63) is 41.2 Å². The average Bonchev–Trinajstić information content (AvgIpc) is 2.98. The molecule has 1 saturated heterocycles. The van der Waals surface area contributed by atoms with Gasteiger partial charge in [-0.2, -0.15) is 0 Å². The van der Waals surface area contributed by atoms with Gasteiger partial charge in [-0.3, -0.25) is 4.79 Å². The van der Waals surface area contributed by atoms with Crippen molar-refractivity contribution in [3.8, 4) is 0 Å². The van der Waals surface area contributed by atoms with E-state index in [-0.39, 0.29) is 18.4 Å². The van der Waals surface area contributed by atoms with Crippen molar-refractivity contribution in [3.63, 3.8) is 0 Å². The number of carboxylic acids is 1. The van der Waals surface area contributed by atoms with Crippen LogP contribution in [0.15, 0.2) is 24.3 Å². The number of ether oxygens (including phenoxy) is 1. The van der Waals surface area contributed by atoms with E-state index in [2.05, 4.69) is 5.32 Å². The molecule has 2 N–H and O–H groups in total. The third-order valence-electron chi connectivity index (χ3n) is 3.24. The first-order chi connectivity index (χ1) is 10.1. The minimum atomic E-state index is -1.07. The van der Waals surface area contributed by atoms with Gasteiger partial charge in [0.05, 0.1) is 12.5 Å². The summed E-state index contributed by atoms with van der Waals surface area (Å²) in [4.78, 5) is 22.3. The van der Waals surface area contributed by atoms with Crippen LogP contribution in [0.3, 0.4) is 0 Å². The van der Waals surface area contributed by atoms with Crippen molar-refractivity contribution in [1.29, 1.82) is 0 Å². The fourth-order valence-corrected chi connectivity index (χ4v) is 2.07. The van der Waals surface area contributed by atoms with E-state index < -0.39 is 11.8 Å². The maximum absolute atomic E-state index is 13.7. The number of carbonyl (C=O) groups excluding carboxylic acids is 1. The molecule has 1 fully saturated rings. The number of rotatable bonds is 5. The zero-order chi connectivity index (χ0) is 15.2. The second kappa shape index (κ2) is 6.99. The van der Waals surface area contributed by atoms with Gasteiger partial charge in [0.15, 0.2) is 0 Å². The van der Waals surface area contributed by atoms with Crippen molar-refractivity contribution in [1.82, 2.24) is 5.32 Å². The number of nitrogens with one attached hydrogen (secondary N) is 1. The summed E-state index contributed by atoms with van der Waals surface area (Å²) < 4.78 is 18.8. The summed E-state index contributed by atoms with van der Waals surface area (Å²) in [6.45, 7) is 1.04. The van der Waals surface area contributed by atoms with Gasteiger partial charge in [-0.25, -0.2) is 9.18 Å². The summed E-state index contributed by atoms with van der Waals surface area (Å²) in [5.74, 6) is -1.85. The Kier molecular flexibility index (Phi) is 5.05.